The molecule has 1 aromatic heterocycles. The highest BCUT2D eigenvalue weighted by Crippen LogP contribution is 2.16. The van der Waals surface area contributed by atoms with Crippen LogP contribution in [0.5, 0.6) is 0 Å². The van der Waals surface area contributed by atoms with Crippen LogP contribution in [-0.4, -0.2) is 29.7 Å². The lowest BCUT2D eigenvalue weighted by atomic mass is 10.2. The van der Waals surface area contributed by atoms with Gasteiger partial charge < -0.3 is 5.11 Å². The van der Waals surface area contributed by atoms with Crippen LogP contribution < -0.4 is 4.72 Å². The Kier molecular flexibility index (Phi) is 3.02. The number of nitrogens with one attached hydrogen (secondary N) is 2. The molecule has 0 saturated heterocycles. The van der Waals surface area contributed by atoms with Crippen molar-refractivity contribution in [2.45, 2.75) is 4.90 Å². The standard InChI is InChI=1S/C10H9N3O4S/c14-10(15)7-2-1-3-8(4-7)13-18(16,17)9-5-11-12-6-9/h1-6,13H,(H,11,12)(H,14,15). The Morgan fingerprint density at radius 3 is 2.78 bits per heavy atom. The van der Waals surface area contributed by atoms with E-state index in [0.717, 1.165) is 6.20 Å². The maximum Gasteiger partial charge on any atom is 0.335 e. The number of nitrogens with zero attached hydrogens (tertiary/aromatic N) is 1. The van der Waals surface area contributed by atoms with Crippen LogP contribution in [0.1, 0.15) is 10.4 Å². The van der Waals surface area contributed by atoms with Gasteiger partial charge in [-0.1, -0.05) is 6.07 Å². The summed E-state index contributed by atoms with van der Waals surface area (Å²) in [5.41, 5.74) is 0.179. The maximum absolute atomic E-state index is 11.8. The van der Waals surface area contributed by atoms with Crippen molar-refractivity contribution in [3.8, 4) is 0 Å². The number of hydrogen-bond acceptors (Lipinski definition) is 4. The van der Waals surface area contributed by atoms with Crippen molar-refractivity contribution in [3.05, 3.63) is 42.2 Å². The molecule has 0 aliphatic heterocycles. The first kappa shape index (κ1) is 12.1. The Balaban J connectivity index is 2.30. The maximum atomic E-state index is 11.8. The quantitative estimate of drug-likeness (QED) is 0.762. The summed E-state index contributed by atoms with van der Waals surface area (Å²) in [5, 5.41) is 14.7. The summed E-state index contributed by atoms with van der Waals surface area (Å²) in [6, 6.07) is 5.53. The number of aromatic amines is 1. The van der Waals surface area contributed by atoms with Crippen LogP contribution in [0.3, 0.4) is 0 Å². The van der Waals surface area contributed by atoms with Crippen LogP contribution in [0.15, 0.2) is 41.6 Å². The van der Waals surface area contributed by atoms with E-state index in [9.17, 15) is 13.2 Å². The third-order valence-corrected chi connectivity index (χ3v) is 3.49. The van der Waals surface area contributed by atoms with E-state index in [2.05, 4.69) is 14.9 Å². The van der Waals surface area contributed by atoms with Gasteiger partial charge in [-0.25, -0.2) is 13.2 Å². The average Bonchev–Trinajstić information content (AvgIpc) is 2.82. The first-order chi connectivity index (χ1) is 8.49. The van der Waals surface area contributed by atoms with Gasteiger partial charge in [0.05, 0.1) is 11.8 Å². The van der Waals surface area contributed by atoms with E-state index in [1.807, 2.05) is 0 Å². The van der Waals surface area contributed by atoms with Gasteiger partial charge in [0, 0.05) is 11.9 Å². The van der Waals surface area contributed by atoms with Crippen molar-refractivity contribution in [1.82, 2.24) is 10.2 Å². The van der Waals surface area contributed by atoms with E-state index in [0.29, 0.717) is 0 Å². The molecule has 94 valence electrons. The summed E-state index contributed by atoms with van der Waals surface area (Å²) in [4.78, 5) is 10.7. The van der Waals surface area contributed by atoms with Gasteiger partial charge in [-0.05, 0) is 18.2 Å². The highest BCUT2D eigenvalue weighted by atomic mass is 32.2. The highest BCUT2D eigenvalue weighted by Gasteiger charge is 2.15. The summed E-state index contributed by atoms with van der Waals surface area (Å²) in [6.45, 7) is 0. The fourth-order valence-electron chi connectivity index (χ4n) is 1.32. The fourth-order valence-corrected chi connectivity index (χ4v) is 2.27. The molecule has 8 heteroatoms. The number of carboxylic acid groups (broad SMARTS) is 1. The lowest BCUT2D eigenvalue weighted by molar-refractivity contribution is 0.0697. The summed E-state index contributed by atoms with van der Waals surface area (Å²) in [5.74, 6) is -1.13. The molecule has 0 spiro atoms. The van der Waals surface area contributed by atoms with E-state index in [4.69, 9.17) is 5.11 Å². The van der Waals surface area contributed by atoms with Crippen LogP contribution >= 0.6 is 0 Å². The second kappa shape index (κ2) is 4.49. The summed E-state index contributed by atoms with van der Waals surface area (Å²) in [7, 11) is -3.75. The molecule has 2 aromatic rings. The summed E-state index contributed by atoms with van der Waals surface area (Å²) < 4.78 is 25.9. The van der Waals surface area contributed by atoms with Gasteiger partial charge in [-0.15, -0.1) is 0 Å². The number of sulfonamides is 1. The smallest absolute Gasteiger partial charge is 0.335 e. The molecule has 0 saturated carbocycles. The Morgan fingerprint density at radius 1 is 1.39 bits per heavy atom. The number of anilines is 1. The van der Waals surface area contributed by atoms with Gasteiger partial charge >= 0.3 is 5.97 Å². The number of benzene rings is 1. The molecule has 0 aliphatic carbocycles. The zero-order valence-corrected chi connectivity index (χ0v) is 9.81. The minimum Gasteiger partial charge on any atom is -0.478 e. The predicted molar refractivity (Wildman–Crippen MR) is 62.8 cm³/mol. The molecule has 3 N–H and O–H groups in total. The van der Waals surface area contributed by atoms with E-state index in [1.54, 1.807) is 0 Å². The van der Waals surface area contributed by atoms with E-state index in [-0.39, 0.29) is 16.1 Å². The average molecular weight is 267 g/mol. The minimum atomic E-state index is -3.75. The highest BCUT2D eigenvalue weighted by molar-refractivity contribution is 7.92. The molecule has 0 atom stereocenters. The van der Waals surface area contributed by atoms with Crippen molar-refractivity contribution in [2.24, 2.45) is 0 Å². The van der Waals surface area contributed by atoms with Gasteiger partial charge in [0.25, 0.3) is 10.0 Å². The molecule has 0 unspecified atom stereocenters. The molecule has 1 aromatic carbocycles. The Morgan fingerprint density at radius 2 is 2.17 bits per heavy atom. The van der Waals surface area contributed by atoms with Crippen molar-refractivity contribution < 1.29 is 18.3 Å². The van der Waals surface area contributed by atoms with Crippen LogP contribution in [0.4, 0.5) is 5.69 Å². The molecule has 0 amide bonds. The molecular formula is C10H9N3O4S. The van der Waals surface area contributed by atoms with Gasteiger partial charge in [0.2, 0.25) is 0 Å². The SMILES string of the molecule is O=C(O)c1cccc(NS(=O)(=O)c2cn[nH]c2)c1. The first-order valence-corrected chi connectivity index (χ1v) is 6.32. The molecular weight excluding hydrogens is 258 g/mol. The van der Waals surface area contributed by atoms with Crippen LogP contribution in [0.2, 0.25) is 0 Å². The van der Waals surface area contributed by atoms with Crippen molar-refractivity contribution >= 4 is 21.7 Å². The Labute approximate surface area is 103 Å². The third kappa shape index (κ3) is 2.48. The van der Waals surface area contributed by atoms with Gasteiger partial charge in [-0.2, -0.15) is 5.10 Å². The number of rotatable bonds is 4. The molecule has 0 radical (unpaired) electrons. The Bertz CT molecular complexity index is 664. The molecule has 1 heterocycles. The first-order valence-electron chi connectivity index (χ1n) is 4.84. The molecule has 0 aliphatic rings. The summed E-state index contributed by atoms with van der Waals surface area (Å²) in [6.07, 6.45) is 2.38. The van der Waals surface area contributed by atoms with E-state index in [1.165, 1.54) is 30.5 Å². The second-order valence-electron chi connectivity index (χ2n) is 3.43. The fraction of sp³-hybridized carbons (Fsp3) is 0. The number of carbonyl (C=O) groups is 1. The number of hydrogen-bond donors (Lipinski definition) is 3. The molecule has 18 heavy (non-hydrogen) atoms. The normalized spacial score (nSPS) is 11.1. The summed E-state index contributed by atoms with van der Waals surface area (Å²) >= 11 is 0. The molecule has 7 nitrogen and oxygen atoms in total. The number of aromatic nitrogens is 2. The second-order valence-corrected chi connectivity index (χ2v) is 5.11. The lowest BCUT2D eigenvalue weighted by Gasteiger charge is -2.06. The minimum absolute atomic E-state index is 0.00222. The molecule has 2 rings (SSSR count). The van der Waals surface area contributed by atoms with Gasteiger partial charge in [0.1, 0.15) is 4.90 Å². The van der Waals surface area contributed by atoms with Gasteiger partial charge in [-0.3, -0.25) is 9.82 Å². The van der Waals surface area contributed by atoms with Crippen LogP contribution in [0.25, 0.3) is 0 Å². The van der Waals surface area contributed by atoms with Crippen molar-refractivity contribution in [1.29, 1.82) is 0 Å². The molecule has 0 bridgehead atoms. The lowest BCUT2D eigenvalue weighted by Crippen LogP contribution is -2.12. The van der Waals surface area contributed by atoms with E-state index < -0.39 is 16.0 Å². The zero-order valence-electron chi connectivity index (χ0n) is 8.99. The van der Waals surface area contributed by atoms with Crippen LogP contribution in [0, 0.1) is 0 Å². The van der Waals surface area contributed by atoms with Crippen LogP contribution in [-0.2, 0) is 10.0 Å². The molecule has 0 fully saturated rings. The number of aromatic carboxylic acids is 1. The number of H-pyrrole nitrogens is 1. The largest absolute Gasteiger partial charge is 0.478 e. The monoisotopic (exact) mass is 267 g/mol. The third-order valence-electron chi connectivity index (χ3n) is 2.15. The zero-order chi connectivity index (χ0) is 13.2. The van der Waals surface area contributed by atoms with Crippen molar-refractivity contribution in [3.63, 3.8) is 0 Å². The van der Waals surface area contributed by atoms with Crippen molar-refractivity contribution in [2.75, 3.05) is 4.72 Å². The number of carboxylic acids is 1. The Hall–Kier alpha value is -2.35. The topological polar surface area (TPSA) is 112 Å². The predicted octanol–water partition coefficient (Wildman–Crippen LogP) is 0.909. The van der Waals surface area contributed by atoms with E-state index >= 15 is 0 Å². The van der Waals surface area contributed by atoms with Gasteiger partial charge in [0.15, 0.2) is 0 Å².